The molecule has 1 aliphatic rings. The first-order chi connectivity index (χ1) is 15.7. The summed E-state index contributed by atoms with van der Waals surface area (Å²) in [7, 11) is 1.51. The van der Waals surface area contributed by atoms with Gasteiger partial charge in [-0.15, -0.1) is 0 Å². The number of nitrogens with zero attached hydrogens (tertiary/aromatic N) is 2. The molecule has 1 unspecified atom stereocenters. The SMILES string of the molecule is CCOC(=O)C1=C(C[Se]C(=O)c2ccc(C)cc2)N(C)C(=O)NC1c1cccc([N+](=O)[O-])c1. The van der Waals surface area contributed by atoms with Gasteiger partial charge in [0.25, 0.3) is 0 Å². The number of urea groups is 1. The van der Waals surface area contributed by atoms with E-state index in [0.29, 0.717) is 16.8 Å². The van der Waals surface area contributed by atoms with Gasteiger partial charge in [0, 0.05) is 0 Å². The molecular formula is C23H23N3O6Se. The number of rotatable bonds is 8. The van der Waals surface area contributed by atoms with E-state index in [-0.39, 0.29) is 27.9 Å². The number of esters is 1. The van der Waals surface area contributed by atoms with E-state index >= 15 is 0 Å². The molecule has 0 radical (unpaired) electrons. The number of aryl methyl sites for hydroxylation is 1. The van der Waals surface area contributed by atoms with Gasteiger partial charge in [-0.1, -0.05) is 0 Å². The minimum atomic E-state index is -0.937. The molecule has 0 spiro atoms. The van der Waals surface area contributed by atoms with Crippen LogP contribution in [0.15, 0.2) is 59.8 Å². The summed E-state index contributed by atoms with van der Waals surface area (Å²) in [6.07, 6.45) is 0. The van der Waals surface area contributed by atoms with Crippen molar-refractivity contribution in [1.82, 2.24) is 10.2 Å². The maximum absolute atomic E-state index is 12.9. The Bertz CT molecular complexity index is 1130. The first-order valence-corrected chi connectivity index (χ1v) is 12.2. The Morgan fingerprint density at radius 2 is 1.91 bits per heavy atom. The Morgan fingerprint density at radius 1 is 1.21 bits per heavy atom. The maximum atomic E-state index is 12.9. The molecule has 0 fully saturated rings. The first-order valence-electron chi connectivity index (χ1n) is 10.2. The van der Waals surface area contributed by atoms with E-state index in [9.17, 15) is 24.5 Å². The number of allylic oxidation sites excluding steroid dienone is 1. The molecule has 1 N–H and O–H groups in total. The summed E-state index contributed by atoms with van der Waals surface area (Å²) in [5.74, 6) is -0.644. The number of nitro groups is 1. The van der Waals surface area contributed by atoms with Crippen molar-refractivity contribution in [3.63, 3.8) is 0 Å². The molecule has 1 atom stereocenters. The monoisotopic (exact) mass is 517 g/mol. The second-order valence-corrected chi connectivity index (χ2v) is 9.31. The van der Waals surface area contributed by atoms with Crippen molar-refractivity contribution in [2.75, 3.05) is 13.7 Å². The number of benzene rings is 2. The van der Waals surface area contributed by atoms with Gasteiger partial charge in [0.15, 0.2) is 0 Å². The van der Waals surface area contributed by atoms with E-state index < -0.39 is 37.9 Å². The molecule has 2 aromatic rings. The number of ether oxygens (including phenoxy) is 1. The molecule has 1 aliphatic heterocycles. The van der Waals surface area contributed by atoms with Crippen molar-refractivity contribution < 1.29 is 24.0 Å². The molecule has 3 rings (SSSR count). The summed E-state index contributed by atoms with van der Waals surface area (Å²) in [5, 5.41) is 14.1. The fraction of sp³-hybridized carbons (Fsp3) is 0.261. The van der Waals surface area contributed by atoms with E-state index in [1.807, 2.05) is 19.1 Å². The molecule has 0 saturated heterocycles. The summed E-state index contributed by atoms with van der Waals surface area (Å²) >= 11 is -0.596. The van der Waals surface area contributed by atoms with Crippen molar-refractivity contribution in [3.05, 3.63) is 86.6 Å². The van der Waals surface area contributed by atoms with Crippen LogP contribution < -0.4 is 5.32 Å². The Hall–Kier alpha value is -3.49. The molecule has 33 heavy (non-hydrogen) atoms. The van der Waals surface area contributed by atoms with Gasteiger partial charge in [-0.05, 0) is 0 Å². The van der Waals surface area contributed by atoms with E-state index in [2.05, 4.69) is 5.32 Å². The number of carbonyl (C=O) groups excluding carboxylic acids is 3. The van der Waals surface area contributed by atoms with E-state index in [1.165, 1.54) is 30.1 Å². The van der Waals surface area contributed by atoms with Crippen molar-refractivity contribution in [2.24, 2.45) is 0 Å². The molecule has 2 amide bonds. The van der Waals surface area contributed by atoms with E-state index in [1.54, 1.807) is 25.1 Å². The number of nitro benzene ring substituents is 1. The Labute approximate surface area is 197 Å². The van der Waals surface area contributed by atoms with Crippen LogP contribution in [0.25, 0.3) is 0 Å². The van der Waals surface area contributed by atoms with Gasteiger partial charge in [0.05, 0.1) is 0 Å². The fourth-order valence-electron chi connectivity index (χ4n) is 3.36. The number of amides is 2. The normalized spacial score (nSPS) is 15.8. The molecule has 0 saturated carbocycles. The van der Waals surface area contributed by atoms with E-state index in [0.717, 1.165) is 5.56 Å². The van der Waals surface area contributed by atoms with Gasteiger partial charge in [-0.2, -0.15) is 0 Å². The van der Waals surface area contributed by atoms with Crippen molar-refractivity contribution in [3.8, 4) is 0 Å². The van der Waals surface area contributed by atoms with Crippen LogP contribution in [-0.2, 0) is 9.53 Å². The average molecular weight is 516 g/mol. The summed E-state index contributed by atoms with van der Waals surface area (Å²) in [6.45, 7) is 3.71. The summed E-state index contributed by atoms with van der Waals surface area (Å²) < 4.78 is 5.18. The van der Waals surface area contributed by atoms with Crippen LogP contribution in [0.4, 0.5) is 10.5 Å². The second kappa shape index (κ2) is 10.4. The van der Waals surface area contributed by atoms with Crippen LogP contribution in [0.3, 0.4) is 0 Å². The predicted octanol–water partition coefficient (Wildman–Crippen LogP) is 3.38. The van der Waals surface area contributed by atoms with Gasteiger partial charge in [0.2, 0.25) is 0 Å². The minimum absolute atomic E-state index is 0.0653. The number of hydrogen-bond acceptors (Lipinski definition) is 6. The molecule has 10 heteroatoms. The molecule has 1 heterocycles. The van der Waals surface area contributed by atoms with Gasteiger partial charge < -0.3 is 0 Å². The quantitative estimate of drug-likeness (QED) is 0.249. The van der Waals surface area contributed by atoms with Crippen LogP contribution in [0.5, 0.6) is 0 Å². The summed E-state index contributed by atoms with van der Waals surface area (Å²) in [4.78, 5) is 50.4. The Morgan fingerprint density at radius 3 is 2.55 bits per heavy atom. The fourth-order valence-corrected chi connectivity index (χ4v) is 5.29. The molecular weight excluding hydrogens is 493 g/mol. The molecule has 0 aromatic heterocycles. The third-order valence-electron chi connectivity index (χ3n) is 5.11. The van der Waals surface area contributed by atoms with Crippen LogP contribution in [-0.4, -0.2) is 55.1 Å². The molecule has 0 aliphatic carbocycles. The summed E-state index contributed by atoms with van der Waals surface area (Å²) in [6, 6.07) is 11.5. The van der Waals surface area contributed by atoms with Crippen molar-refractivity contribution in [1.29, 1.82) is 0 Å². The zero-order chi connectivity index (χ0) is 24.1. The molecule has 172 valence electrons. The number of hydrogen-bond donors (Lipinski definition) is 1. The molecule has 2 aromatic carbocycles. The average Bonchev–Trinajstić information content (AvgIpc) is 2.80. The number of nitrogens with one attached hydrogen (secondary N) is 1. The third-order valence-corrected chi connectivity index (χ3v) is 7.03. The van der Waals surface area contributed by atoms with Gasteiger partial charge in [-0.25, -0.2) is 0 Å². The molecule has 9 nitrogen and oxygen atoms in total. The second-order valence-electron chi connectivity index (χ2n) is 7.32. The van der Waals surface area contributed by atoms with Crippen molar-refractivity contribution in [2.45, 2.75) is 25.2 Å². The number of carbonyl (C=O) groups is 3. The van der Waals surface area contributed by atoms with Crippen molar-refractivity contribution >= 4 is 37.3 Å². The standard InChI is InChI=1S/C23H23N3O6Se/c1-4-32-21(27)19-18(13-33-22(28)15-10-8-14(2)9-11-15)25(3)23(29)24-20(19)16-6-5-7-17(12-16)26(30)31/h5-12,20H,4,13H2,1-3H3,(H,24,29). The van der Waals surface area contributed by atoms with Gasteiger partial charge >= 0.3 is 197 Å². The van der Waals surface area contributed by atoms with Crippen LogP contribution in [0.1, 0.15) is 34.5 Å². The Balaban J connectivity index is 2.01. The number of non-ortho nitro benzene ring substituents is 1. The predicted molar refractivity (Wildman–Crippen MR) is 122 cm³/mol. The topological polar surface area (TPSA) is 119 Å². The third kappa shape index (κ3) is 5.47. The van der Waals surface area contributed by atoms with Crippen LogP contribution in [0.2, 0.25) is 5.32 Å². The van der Waals surface area contributed by atoms with E-state index in [4.69, 9.17) is 4.74 Å². The van der Waals surface area contributed by atoms with Gasteiger partial charge in [0.1, 0.15) is 0 Å². The first kappa shape index (κ1) is 24.2. The van der Waals surface area contributed by atoms with Crippen LogP contribution >= 0.6 is 0 Å². The zero-order valence-corrected chi connectivity index (χ0v) is 20.1. The van der Waals surface area contributed by atoms with Gasteiger partial charge in [-0.3, -0.25) is 0 Å². The summed E-state index contributed by atoms with van der Waals surface area (Å²) in [5.41, 5.74) is 2.35. The molecule has 0 bridgehead atoms. The zero-order valence-electron chi connectivity index (χ0n) is 18.4. The van der Waals surface area contributed by atoms with Crippen LogP contribution in [0, 0.1) is 17.0 Å². The Kier molecular flexibility index (Phi) is 7.63.